The van der Waals surface area contributed by atoms with Crippen molar-refractivity contribution in [2.45, 2.75) is 13.3 Å². The lowest BCUT2D eigenvalue weighted by Gasteiger charge is -1.95. The predicted molar refractivity (Wildman–Crippen MR) is 59.4 cm³/mol. The summed E-state index contributed by atoms with van der Waals surface area (Å²) in [6.45, 7) is 2.89. The van der Waals surface area contributed by atoms with Crippen molar-refractivity contribution in [1.82, 2.24) is 10.3 Å². The molecule has 0 bridgehead atoms. The highest BCUT2D eigenvalue weighted by Crippen LogP contribution is 1.99. The number of pyridine rings is 1. The minimum absolute atomic E-state index is 0.0312. The number of hydrogen-bond donors (Lipinski definition) is 2. The molecule has 0 aliphatic rings. The maximum Gasteiger partial charge on any atom is 0.255 e. The Labute approximate surface area is 83.9 Å². The molecule has 3 heteroatoms. The molecule has 76 valence electrons. The molecule has 1 rings (SSSR count). The molecule has 1 aromatic heterocycles. The van der Waals surface area contributed by atoms with Crippen molar-refractivity contribution in [2.75, 3.05) is 13.6 Å². The molecule has 0 saturated carbocycles. The number of aryl methyl sites for hydroxylation is 1. The first-order valence-electron chi connectivity index (χ1n) is 4.74. The van der Waals surface area contributed by atoms with Gasteiger partial charge in [0.15, 0.2) is 0 Å². The van der Waals surface area contributed by atoms with Crippen LogP contribution in [0.4, 0.5) is 0 Å². The van der Waals surface area contributed by atoms with Gasteiger partial charge in [0.1, 0.15) is 0 Å². The minimum Gasteiger partial charge on any atom is -0.328 e. The van der Waals surface area contributed by atoms with E-state index in [1.807, 2.05) is 32.2 Å². The highest BCUT2D eigenvalue weighted by Gasteiger charge is 1.93. The zero-order valence-electron chi connectivity index (χ0n) is 8.63. The monoisotopic (exact) mass is 192 g/mol. The number of aromatic amines is 1. The van der Waals surface area contributed by atoms with Gasteiger partial charge in [-0.25, -0.2) is 0 Å². The summed E-state index contributed by atoms with van der Waals surface area (Å²) in [5.74, 6) is 0. The van der Waals surface area contributed by atoms with E-state index in [-0.39, 0.29) is 5.56 Å². The Morgan fingerprint density at radius 3 is 3.07 bits per heavy atom. The van der Waals surface area contributed by atoms with Gasteiger partial charge in [-0.3, -0.25) is 4.79 Å². The van der Waals surface area contributed by atoms with Crippen molar-refractivity contribution < 1.29 is 0 Å². The predicted octanol–water partition coefficient (Wildman–Crippen LogP) is 1.31. The molecule has 0 atom stereocenters. The van der Waals surface area contributed by atoms with Gasteiger partial charge in [-0.15, -0.1) is 0 Å². The van der Waals surface area contributed by atoms with Gasteiger partial charge in [0.2, 0.25) is 0 Å². The van der Waals surface area contributed by atoms with Gasteiger partial charge < -0.3 is 10.3 Å². The second-order valence-corrected chi connectivity index (χ2v) is 3.26. The van der Waals surface area contributed by atoms with Crippen LogP contribution in [0.25, 0.3) is 6.08 Å². The number of nitrogens with one attached hydrogen (secondary N) is 2. The Morgan fingerprint density at radius 2 is 2.36 bits per heavy atom. The summed E-state index contributed by atoms with van der Waals surface area (Å²) in [4.78, 5) is 14.0. The molecule has 0 aliphatic heterocycles. The van der Waals surface area contributed by atoms with Gasteiger partial charge in [-0.1, -0.05) is 12.2 Å². The molecule has 3 nitrogen and oxygen atoms in total. The van der Waals surface area contributed by atoms with Crippen molar-refractivity contribution in [1.29, 1.82) is 0 Å². The zero-order valence-corrected chi connectivity index (χ0v) is 8.63. The van der Waals surface area contributed by atoms with Crippen molar-refractivity contribution in [3.05, 3.63) is 39.8 Å². The van der Waals surface area contributed by atoms with E-state index in [2.05, 4.69) is 10.3 Å². The molecule has 0 spiro atoms. The Balaban J connectivity index is 2.71. The van der Waals surface area contributed by atoms with Crippen LogP contribution in [-0.2, 0) is 0 Å². The van der Waals surface area contributed by atoms with Crippen LogP contribution in [0.2, 0.25) is 0 Å². The van der Waals surface area contributed by atoms with Crippen molar-refractivity contribution in [3.8, 4) is 0 Å². The maximum atomic E-state index is 11.3. The largest absolute Gasteiger partial charge is 0.328 e. The second kappa shape index (κ2) is 5.40. The maximum absolute atomic E-state index is 11.3. The van der Waals surface area contributed by atoms with Gasteiger partial charge in [0.05, 0.1) is 0 Å². The fourth-order valence-electron chi connectivity index (χ4n) is 1.18. The van der Waals surface area contributed by atoms with Crippen LogP contribution < -0.4 is 10.9 Å². The normalized spacial score (nSPS) is 11.0. The van der Waals surface area contributed by atoms with E-state index in [4.69, 9.17) is 0 Å². The lowest BCUT2D eigenvalue weighted by Crippen LogP contribution is -2.09. The summed E-state index contributed by atoms with van der Waals surface area (Å²) in [6, 6.07) is 1.88. The molecule has 0 radical (unpaired) electrons. The molecule has 0 amide bonds. The minimum atomic E-state index is -0.0312. The standard InChI is InChI=1S/C11H16N2O/c1-9-7-10(11(14)13-8-9)5-3-4-6-12-2/h3,5,7-8,12H,4,6H2,1-2H3,(H,13,14). The molecule has 2 N–H and O–H groups in total. The SMILES string of the molecule is CNCCC=Cc1cc(C)c[nH]c1=O. The van der Waals surface area contributed by atoms with Crippen LogP contribution in [0.15, 0.2) is 23.1 Å². The van der Waals surface area contributed by atoms with Crippen molar-refractivity contribution in [3.63, 3.8) is 0 Å². The fourth-order valence-corrected chi connectivity index (χ4v) is 1.18. The topological polar surface area (TPSA) is 44.9 Å². The number of H-pyrrole nitrogens is 1. The van der Waals surface area contributed by atoms with Crippen LogP contribution in [0, 0.1) is 6.92 Å². The quantitative estimate of drug-likeness (QED) is 0.706. The van der Waals surface area contributed by atoms with E-state index < -0.39 is 0 Å². The van der Waals surface area contributed by atoms with E-state index in [9.17, 15) is 4.79 Å². The first-order chi connectivity index (χ1) is 6.74. The highest BCUT2D eigenvalue weighted by molar-refractivity contribution is 5.48. The first kappa shape index (κ1) is 10.7. The molecule has 0 fully saturated rings. The average molecular weight is 192 g/mol. The lowest BCUT2D eigenvalue weighted by molar-refractivity contribution is 0.809. The molecule has 0 unspecified atom stereocenters. The van der Waals surface area contributed by atoms with Gasteiger partial charge in [0, 0.05) is 11.8 Å². The highest BCUT2D eigenvalue weighted by atomic mass is 16.1. The summed E-state index contributed by atoms with van der Waals surface area (Å²) < 4.78 is 0. The summed E-state index contributed by atoms with van der Waals surface area (Å²) in [5.41, 5.74) is 1.76. The van der Waals surface area contributed by atoms with Crippen molar-refractivity contribution in [2.24, 2.45) is 0 Å². The molecule has 1 aromatic rings. The fraction of sp³-hybridized carbons (Fsp3) is 0.364. The molecule has 0 aliphatic carbocycles. The Hall–Kier alpha value is -1.35. The van der Waals surface area contributed by atoms with E-state index in [1.54, 1.807) is 6.20 Å². The number of rotatable bonds is 4. The third-order valence-electron chi connectivity index (χ3n) is 1.93. The smallest absolute Gasteiger partial charge is 0.255 e. The van der Waals surface area contributed by atoms with Gasteiger partial charge >= 0.3 is 0 Å². The van der Waals surface area contributed by atoms with Crippen molar-refractivity contribution >= 4 is 6.08 Å². The summed E-state index contributed by atoms with van der Waals surface area (Å²) in [6.07, 6.45) is 6.51. The molecule has 0 saturated heterocycles. The summed E-state index contributed by atoms with van der Waals surface area (Å²) >= 11 is 0. The third kappa shape index (κ3) is 3.18. The Kier molecular flexibility index (Phi) is 4.13. The van der Waals surface area contributed by atoms with Gasteiger partial charge in [-0.05, 0) is 38.6 Å². The molecule has 0 aromatic carbocycles. The van der Waals surface area contributed by atoms with Gasteiger partial charge in [0.25, 0.3) is 5.56 Å². The first-order valence-corrected chi connectivity index (χ1v) is 4.74. The Morgan fingerprint density at radius 1 is 1.57 bits per heavy atom. The van der Waals surface area contributed by atoms with Crippen LogP contribution >= 0.6 is 0 Å². The van der Waals surface area contributed by atoms with Crippen LogP contribution in [-0.4, -0.2) is 18.6 Å². The van der Waals surface area contributed by atoms with Crippen LogP contribution in [0.5, 0.6) is 0 Å². The number of aromatic nitrogens is 1. The van der Waals surface area contributed by atoms with E-state index >= 15 is 0 Å². The lowest BCUT2D eigenvalue weighted by atomic mass is 10.2. The molecule has 14 heavy (non-hydrogen) atoms. The van der Waals surface area contributed by atoms with E-state index in [0.29, 0.717) is 0 Å². The molecular formula is C11H16N2O. The van der Waals surface area contributed by atoms with E-state index in [1.165, 1.54) is 0 Å². The summed E-state index contributed by atoms with van der Waals surface area (Å²) in [5, 5.41) is 3.04. The van der Waals surface area contributed by atoms with Crippen LogP contribution in [0.1, 0.15) is 17.5 Å². The summed E-state index contributed by atoms with van der Waals surface area (Å²) in [7, 11) is 1.91. The third-order valence-corrected chi connectivity index (χ3v) is 1.93. The van der Waals surface area contributed by atoms with Crippen LogP contribution in [0.3, 0.4) is 0 Å². The molecular weight excluding hydrogens is 176 g/mol. The molecule has 1 heterocycles. The number of hydrogen-bond acceptors (Lipinski definition) is 2. The zero-order chi connectivity index (χ0) is 10.4. The van der Waals surface area contributed by atoms with Gasteiger partial charge in [-0.2, -0.15) is 0 Å². The average Bonchev–Trinajstić information content (AvgIpc) is 2.18. The Bertz CT molecular complexity index is 366. The second-order valence-electron chi connectivity index (χ2n) is 3.26. The van der Waals surface area contributed by atoms with E-state index in [0.717, 1.165) is 24.1 Å².